The van der Waals surface area contributed by atoms with Gasteiger partial charge in [0.2, 0.25) is 17.7 Å². The van der Waals surface area contributed by atoms with Crippen molar-refractivity contribution in [3.8, 4) is 0 Å². The number of hydrogen-bond acceptors (Lipinski definition) is 9. The fraction of sp³-hybridized carbons (Fsp3) is 0.378. The predicted octanol–water partition coefficient (Wildman–Crippen LogP) is 7.16. The highest BCUT2D eigenvalue weighted by molar-refractivity contribution is 6.00. The lowest BCUT2D eigenvalue weighted by atomic mass is 10.0. The average Bonchev–Trinajstić information content (AvgIpc) is 3.16. The number of rotatable bonds is 16. The van der Waals surface area contributed by atoms with Crippen LogP contribution in [0.4, 0.5) is 23.7 Å². The molecular formula is C45H51F3N4O9. The van der Waals surface area contributed by atoms with E-state index < -0.39 is 96.1 Å². The van der Waals surface area contributed by atoms with Gasteiger partial charge in [-0.15, -0.1) is 0 Å². The van der Waals surface area contributed by atoms with E-state index in [2.05, 4.69) is 21.3 Å². The van der Waals surface area contributed by atoms with Gasteiger partial charge in [-0.2, -0.15) is 13.2 Å². The monoisotopic (exact) mass is 848 g/mol. The van der Waals surface area contributed by atoms with Crippen LogP contribution in [0.2, 0.25) is 0 Å². The van der Waals surface area contributed by atoms with Crippen LogP contribution in [0.15, 0.2) is 97.1 Å². The highest BCUT2D eigenvalue weighted by atomic mass is 19.4. The molecule has 0 spiro atoms. The van der Waals surface area contributed by atoms with Crippen molar-refractivity contribution in [2.75, 3.05) is 5.32 Å². The number of benzene rings is 4. The molecule has 0 aromatic heterocycles. The van der Waals surface area contributed by atoms with E-state index in [9.17, 15) is 41.9 Å². The summed E-state index contributed by atoms with van der Waals surface area (Å²) in [5, 5.41) is 11.6. The minimum atomic E-state index is -4.72. The second-order valence-electron chi connectivity index (χ2n) is 16.3. The summed E-state index contributed by atoms with van der Waals surface area (Å²) in [5.41, 5.74) is -1.90. The number of ether oxygens (including phenoxy) is 3. The van der Waals surface area contributed by atoms with Crippen LogP contribution in [0.5, 0.6) is 0 Å². The van der Waals surface area contributed by atoms with Gasteiger partial charge in [0.05, 0.1) is 12.0 Å². The third-order valence-electron chi connectivity index (χ3n) is 8.65. The van der Waals surface area contributed by atoms with Crippen LogP contribution < -0.4 is 21.3 Å². The van der Waals surface area contributed by atoms with Gasteiger partial charge in [-0.3, -0.25) is 24.0 Å². The summed E-state index contributed by atoms with van der Waals surface area (Å²) in [7, 11) is 0. The smallest absolute Gasteiger partial charge is 0.416 e. The Labute approximate surface area is 352 Å². The van der Waals surface area contributed by atoms with E-state index in [0.29, 0.717) is 17.2 Å². The maximum atomic E-state index is 14.2. The molecule has 0 saturated heterocycles. The summed E-state index contributed by atoms with van der Waals surface area (Å²) in [6.45, 7) is 9.53. The molecule has 0 aliphatic rings. The molecule has 0 bridgehead atoms. The molecule has 4 N–H and O–H groups in total. The molecule has 0 aliphatic carbocycles. The van der Waals surface area contributed by atoms with Crippen molar-refractivity contribution < 1.29 is 56.1 Å². The highest BCUT2D eigenvalue weighted by Crippen LogP contribution is 2.31. The number of alkyl carbamates (subject to hydrolysis) is 1. The Bertz CT molecular complexity index is 2180. The minimum Gasteiger partial charge on any atom is -0.460 e. The lowest BCUT2D eigenvalue weighted by Crippen LogP contribution is -2.57. The minimum absolute atomic E-state index is 0.0875. The highest BCUT2D eigenvalue weighted by Gasteiger charge is 2.34. The number of hydrogen-bond donors (Lipinski definition) is 4. The second-order valence-corrected chi connectivity index (χ2v) is 16.3. The first kappa shape index (κ1) is 47.2. The van der Waals surface area contributed by atoms with Crippen LogP contribution in [0.25, 0.3) is 10.8 Å². The molecule has 4 aromatic carbocycles. The maximum absolute atomic E-state index is 14.2. The fourth-order valence-electron chi connectivity index (χ4n) is 5.95. The molecule has 0 heterocycles. The predicted molar refractivity (Wildman–Crippen MR) is 221 cm³/mol. The van der Waals surface area contributed by atoms with Crippen molar-refractivity contribution in [1.82, 2.24) is 16.0 Å². The Morgan fingerprint density at radius 3 is 1.85 bits per heavy atom. The molecule has 0 fully saturated rings. The zero-order valence-electron chi connectivity index (χ0n) is 34.8. The molecule has 13 nitrogen and oxygen atoms in total. The zero-order valence-corrected chi connectivity index (χ0v) is 34.8. The Hall–Kier alpha value is -6.45. The van der Waals surface area contributed by atoms with E-state index in [1.165, 1.54) is 6.07 Å². The quantitative estimate of drug-likeness (QED) is 0.0673. The van der Waals surface area contributed by atoms with Gasteiger partial charge in [0, 0.05) is 18.5 Å². The molecule has 3 atom stereocenters. The van der Waals surface area contributed by atoms with E-state index in [0.717, 1.165) is 22.9 Å². The lowest BCUT2D eigenvalue weighted by molar-refractivity contribution is -0.157. The van der Waals surface area contributed by atoms with Crippen molar-refractivity contribution in [3.05, 3.63) is 114 Å². The Morgan fingerprint density at radius 1 is 0.590 bits per heavy atom. The van der Waals surface area contributed by atoms with Gasteiger partial charge < -0.3 is 35.5 Å². The van der Waals surface area contributed by atoms with Gasteiger partial charge in [-0.1, -0.05) is 78.9 Å². The maximum Gasteiger partial charge on any atom is 0.416 e. The number of nitrogens with one attached hydrogen (secondary N) is 4. The average molecular weight is 849 g/mol. The molecule has 326 valence electrons. The molecule has 0 unspecified atom stereocenters. The van der Waals surface area contributed by atoms with Crippen molar-refractivity contribution in [1.29, 1.82) is 0 Å². The van der Waals surface area contributed by atoms with E-state index in [-0.39, 0.29) is 18.7 Å². The topological polar surface area (TPSA) is 178 Å². The number of alkyl halides is 3. The summed E-state index contributed by atoms with van der Waals surface area (Å²) in [6.07, 6.45) is -7.31. The summed E-state index contributed by atoms with van der Waals surface area (Å²) < 4.78 is 56.6. The molecule has 0 saturated carbocycles. The van der Waals surface area contributed by atoms with Crippen molar-refractivity contribution in [2.45, 2.75) is 109 Å². The summed E-state index contributed by atoms with van der Waals surface area (Å²) >= 11 is 0. The number of amides is 4. The number of carbonyl (C=O) groups is 6. The molecule has 4 aromatic rings. The van der Waals surface area contributed by atoms with Crippen LogP contribution in [-0.2, 0) is 57.4 Å². The van der Waals surface area contributed by atoms with Gasteiger partial charge >= 0.3 is 24.2 Å². The number of carbonyl (C=O) groups excluding carboxylic acids is 6. The van der Waals surface area contributed by atoms with Gasteiger partial charge in [0.25, 0.3) is 0 Å². The first-order chi connectivity index (χ1) is 28.5. The van der Waals surface area contributed by atoms with Crippen LogP contribution in [0, 0.1) is 0 Å². The van der Waals surface area contributed by atoms with Gasteiger partial charge in [-0.05, 0) is 88.1 Å². The molecule has 4 amide bonds. The largest absolute Gasteiger partial charge is 0.460 e. The third-order valence-corrected chi connectivity index (χ3v) is 8.65. The Balaban J connectivity index is 1.63. The molecule has 0 radical (unpaired) electrons. The SMILES string of the molecule is CC(C)(C)OC(=O)CC[C@H](NC(=O)[C@H](CC(=O)OC(C)(C)C)NC(=O)[C@H](Cc1ccc2ccccc2c1)NC(=O)OCc1ccccc1)C(=O)Nc1cccc(C(F)(F)F)c1. The summed E-state index contributed by atoms with van der Waals surface area (Å²) in [4.78, 5) is 81.0. The lowest BCUT2D eigenvalue weighted by Gasteiger charge is -2.26. The van der Waals surface area contributed by atoms with Crippen LogP contribution in [0.1, 0.15) is 77.5 Å². The van der Waals surface area contributed by atoms with Gasteiger partial charge in [0.15, 0.2) is 0 Å². The number of esters is 2. The van der Waals surface area contributed by atoms with E-state index in [4.69, 9.17) is 14.2 Å². The third kappa shape index (κ3) is 16.3. The van der Waals surface area contributed by atoms with Crippen LogP contribution in [-0.4, -0.2) is 65.1 Å². The molecular weight excluding hydrogens is 798 g/mol. The van der Waals surface area contributed by atoms with Crippen molar-refractivity contribution >= 4 is 52.2 Å². The van der Waals surface area contributed by atoms with Crippen molar-refractivity contribution in [3.63, 3.8) is 0 Å². The normalized spacial score (nSPS) is 13.2. The fourth-order valence-corrected chi connectivity index (χ4v) is 5.95. The standard InChI is InChI=1S/C45H51F3N4O9/c1-43(2,3)60-37(53)22-21-34(39(55)49-33-18-12-17-32(25-33)45(46,47)48)50-41(57)36(26-38(54)61-44(4,5)6)51-40(56)35(52-42(58)59-27-28-13-8-7-9-14-28)24-29-19-20-30-15-10-11-16-31(30)23-29/h7-20,23,25,34-36H,21-22,24,26-27H2,1-6H3,(H,49,55)(H,50,57)(H,51,56)(H,52,58)/t34-,35-,36-/m0/s1. The van der Waals surface area contributed by atoms with E-state index in [1.54, 1.807) is 77.9 Å². The van der Waals surface area contributed by atoms with E-state index in [1.807, 2.05) is 36.4 Å². The van der Waals surface area contributed by atoms with Crippen LogP contribution >= 0.6 is 0 Å². The second kappa shape index (κ2) is 20.7. The molecule has 61 heavy (non-hydrogen) atoms. The Morgan fingerprint density at radius 2 is 1.20 bits per heavy atom. The Kier molecular flexibility index (Phi) is 16.0. The van der Waals surface area contributed by atoms with Gasteiger partial charge in [0.1, 0.15) is 35.9 Å². The number of halogens is 3. The zero-order chi connectivity index (χ0) is 45.0. The molecule has 4 rings (SSSR count). The van der Waals surface area contributed by atoms with Crippen molar-refractivity contribution in [2.24, 2.45) is 0 Å². The number of fused-ring (bicyclic) bond motifs is 1. The molecule has 16 heteroatoms. The first-order valence-corrected chi connectivity index (χ1v) is 19.5. The van der Waals surface area contributed by atoms with Crippen LogP contribution in [0.3, 0.4) is 0 Å². The summed E-state index contributed by atoms with van der Waals surface area (Å²) in [5.74, 6) is -4.64. The first-order valence-electron chi connectivity index (χ1n) is 19.5. The number of anilines is 1. The summed E-state index contributed by atoms with van der Waals surface area (Å²) in [6, 6.07) is 20.9. The molecule has 0 aliphatic heterocycles. The van der Waals surface area contributed by atoms with E-state index >= 15 is 0 Å². The van der Waals surface area contributed by atoms with Gasteiger partial charge in [-0.25, -0.2) is 4.79 Å².